The number of esters is 1. The van der Waals surface area contributed by atoms with Crippen molar-refractivity contribution in [1.29, 1.82) is 0 Å². The molecule has 0 saturated heterocycles. The van der Waals surface area contributed by atoms with E-state index in [9.17, 15) is 9.18 Å². The van der Waals surface area contributed by atoms with E-state index >= 15 is 0 Å². The highest BCUT2D eigenvalue weighted by Crippen LogP contribution is 2.15. The Morgan fingerprint density at radius 2 is 2.21 bits per heavy atom. The quantitative estimate of drug-likeness (QED) is 0.411. The van der Waals surface area contributed by atoms with Gasteiger partial charge in [0.2, 0.25) is 0 Å². The molecule has 14 heavy (non-hydrogen) atoms. The summed E-state index contributed by atoms with van der Waals surface area (Å²) in [5, 5.41) is 0. The van der Waals surface area contributed by atoms with Crippen LogP contribution in [-0.2, 0) is 4.79 Å². The Labute approximate surface area is 82.0 Å². The van der Waals surface area contributed by atoms with Gasteiger partial charge in [-0.15, -0.1) is 0 Å². The summed E-state index contributed by atoms with van der Waals surface area (Å²) in [5.41, 5.74) is 0.454. The summed E-state index contributed by atoms with van der Waals surface area (Å²) in [6, 6.07) is 4.17. The zero-order valence-electron chi connectivity index (χ0n) is 8.08. The van der Waals surface area contributed by atoms with Crippen molar-refractivity contribution in [2.24, 2.45) is 0 Å². The van der Waals surface area contributed by atoms with Crippen LogP contribution in [0.2, 0.25) is 0 Å². The van der Waals surface area contributed by atoms with Crippen molar-refractivity contribution in [3.63, 3.8) is 0 Å². The lowest BCUT2D eigenvalue weighted by Gasteiger charge is -2.02. The number of hydrogen-bond acceptors (Lipinski definition) is 2. The van der Waals surface area contributed by atoms with E-state index in [1.54, 1.807) is 19.9 Å². The maximum absolute atomic E-state index is 12.8. The van der Waals surface area contributed by atoms with Crippen molar-refractivity contribution in [1.82, 2.24) is 0 Å². The van der Waals surface area contributed by atoms with E-state index in [2.05, 4.69) is 0 Å². The molecule has 0 aliphatic carbocycles. The summed E-state index contributed by atoms with van der Waals surface area (Å²) in [4.78, 5) is 11.0. The summed E-state index contributed by atoms with van der Waals surface area (Å²) >= 11 is 0. The summed E-state index contributed by atoms with van der Waals surface area (Å²) in [6.45, 7) is 3.33. The molecule has 1 rings (SSSR count). The number of ether oxygens (including phenoxy) is 1. The monoisotopic (exact) mass is 194 g/mol. The van der Waals surface area contributed by atoms with Gasteiger partial charge in [-0.2, -0.15) is 0 Å². The van der Waals surface area contributed by atoms with Crippen LogP contribution in [0, 0.1) is 12.7 Å². The Morgan fingerprint density at radius 1 is 1.50 bits per heavy atom. The second kappa shape index (κ2) is 4.56. The highest BCUT2D eigenvalue weighted by Gasteiger charge is 2.02. The first-order chi connectivity index (χ1) is 6.63. The molecule has 74 valence electrons. The molecule has 0 fully saturated rings. The molecular weight excluding hydrogens is 183 g/mol. The van der Waals surface area contributed by atoms with E-state index in [1.165, 1.54) is 24.3 Å². The van der Waals surface area contributed by atoms with Gasteiger partial charge in [-0.25, -0.2) is 9.18 Å². The fraction of sp³-hybridized carbons (Fsp3) is 0.182. The average molecular weight is 194 g/mol. The number of allylic oxidation sites excluding steroid dienone is 1. The highest BCUT2D eigenvalue weighted by atomic mass is 19.1. The average Bonchev–Trinajstić information content (AvgIpc) is 2.12. The van der Waals surface area contributed by atoms with Crippen molar-refractivity contribution in [2.75, 3.05) is 0 Å². The number of halogens is 1. The molecule has 0 unspecified atom stereocenters. The molecule has 0 heterocycles. The van der Waals surface area contributed by atoms with Gasteiger partial charge in [-0.1, -0.05) is 6.08 Å². The summed E-state index contributed by atoms with van der Waals surface area (Å²) in [5.74, 6) is -0.415. The van der Waals surface area contributed by atoms with Crippen molar-refractivity contribution >= 4 is 5.97 Å². The zero-order chi connectivity index (χ0) is 10.6. The SMILES string of the molecule is C/C=C/C(=O)Oc1ccc(F)c(C)c1. The molecule has 0 aliphatic rings. The van der Waals surface area contributed by atoms with Crippen LogP contribution in [0.4, 0.5) is 4.39 Å². The first-order valence-corrected chi connectivity index (χ1v) is 4.24. The van der Waals surface area contributed by atoms with Crippen molar-refractivity contribution < 1.29 is 13.9 Å². The van der Waals surface area contributed by atoms with Crippen LogP contribution in [0.15, 0.2) is 30.4 Å². The van der Waals surface area contributed by atoms with Gasteiger partial charge in [-0.05, 0) is 37.6 Å². The third-order valence-electron chi connectivity index (χ3n) is 1.65. The predicted octanol–water partition coefficient (Wildman–Crippen LogP) is 2.62. The molecule has 0 atom stereocenters. The van der Waals surface area contributed by atoms with E-state index in [-0.39, 0.29) is 5.82 Å². The molecule has 2 nitrogen and oxygen atoms in total. The van der Waals surface area contributed by atoms with Crippen LogP contribution in [0.25, 0.3) is 0 Å². The van der Waals surface area contributed by atoms with E-state index in [0.717, 1.165) is 0 Å². The largest absolute Gasteiger partial charge is 0.423 e. The lowest BCUT2D eigenvalue weighted by molar-refractivity contribution is -0.129. The van der Waals surface area contributed by atoms with Gasteiger partial charge in [0.05, 0.1) is 0 Å². The van der Waals surface area contributed by atoms with Gasteiger partial charge in [-0.3, -0.25) is 0 Å². The van der Waals surface area contributed by atoms with E-state index in [0.29, 0.717) is 11.3 Å². The summed E-state index contributed by atoms with van der Waals surface area (Å²) < 4.78 is 17.7. The molecule has 1 aromatic carbocycles. The number of rotatable bonds is 2. The van der Waals surface area contributed by atoms with E-state index in [1.807, 2.05) is 0 Å². The number of benzene rings is 1. The van der Waals surface area contributed by atoms with Crippen molar-refractivity contribution in [2.45, 2.75) is 13.8 Å². The normalized spacial score (nSPS) is 10.5. The van der Waals surface area contributed by atoms with E-state index < -0.39 is 5.97 Å². The molecule has 3 heteroatoms. The zero-order valence-corrected chi connectivity index (χ0v) is 8.08. The Balaban J connectivity index is 2.78. The van der Waals surface area contributed by atoms with Crippen molar-refractivity contribution in [3.8, 4) is 5.75 Å². The minimum absolute atomic E-state index is 0.309. The molecule has 0 N–H and O–H groups in total. The topological polar surface area (TPSA) is 26.3 Å². The third-order valence-corrected chi connectivity index (χ3v) is 1.65. The Kier molecular flexibility index (Phi) is 3.40. The number of hydrogen-bond donors (Lipinski definition) is 0. The minimum Gasteiger partial charge on any atom is -0.423 e. The second-order valence-corrected chi connectivity index (χ2v) is 2.83. The Hall–Kier alpha value is -1.64. The number of aryl methyl sites for hydroxylation is 1. The van der Waals surface area contributed by atoms with Crippen LogP contribution in [0.1, 0.15) is 12.5 Å². The fourth-order valence-electron chi connectivity index (χ4n) is 0.967. The number of carbonyl (C=O) groups excluding carboxylic acids is 1. The van der Waals surface area contributed by atoms with Gasteiger partial charge in [0, 0.05) is 6.08 Å². The Bertz CT molecular complexity index is 370. The molecule has 1 aromatic rings. The molecular formula is C11H11FO2. The van der Waals surface area contributed by atoms with Gasteiger partial charge in [0.25, 0.3) is 0 Å². The maximum atomic E-state index is 12.8. The fourth-order valence-corrected chi connectivity index (χ4v) is 0.967. The standard InChI is InChI=1S/C11H11FO2/c1-3-4-11(13)14-9-5-6-10(12)8(2)7-9/h3-7H,1-2H3/b4-3+. The number of carbonyl (C=O) groups is 1. The second-order valence-electron chi connectivity index (χ2n) is 2.83. The first-order valence-electron chi connectivity index (χ1n) is 4.24. The predicted molar refractivity (Wildman–Crippen MR) is 51.6 cm³/mol. The summed E-state index contributed by atoms with van der Waals surface area (Å²) in [6.07, 6.45) is 2.89. The van der Waals surface area contributed by atoms with Crippen LogP contribution < -0.4 is 4.74 Å². The van der Waals surface area contributed by atoms with Gasteiger partial charge < -0.3 is 4.74 Å². The van der Waals surface area contributed by atoms with Crippen LogP contribution >= 0.6 is 0 Å². The van der Waals surface area contributed by atoms with Gasteiger partial charge in [0.1, 0.15) is 11.6 Å². The van der Waals surface area contributed by atoms with Crippen LogP contribution in [0.3, 0.4) is 0 Å². The highest BCUT2D eigenvalue weighted by molar-refractivity contribution is 5.83. The van der Waals surface area contributed by atoms with Gasteiger partial charge >= 0.3 is 5.97 Å². The molecule has 0 aromatic heterocycles. The minimum atomic E-state index is -0.460. The molecule has 0 saturated carbocycles. The third kappa shape index (κ3) is 2.69. The maximum Gasteiger partial charge on any atom is 0.335 e. The van der Waals surface area contributed by atoms with Crippen LogP contribution in [-0.4, -0.2) is 5.97 Å². The van der Waals surface area contributed by atoms with E-state index in [4.69, 9.17) is 4.74 Å². The molecule has 0 aliphatic heterocycles. The molecule has 0 bridgehead atoms. The Morgan fingerprint density at radius 3 is 2.79 bits per heavy atom. The molecule has 0 amide bonds. The first kappa shape index (κ1) is 10.4. The smallest absolute Gasteiger partial charge is 0.335 e. The van der Waals surface area contributed by atoms with Crippen molar-refractivity contribution in [3.05, 3.63) is 41.7 Å². The summed E-state index contributed by atoms with van der Waals surface area (Å²) in [7, 11) is 0. The lowest BCUT2D eigenvalue weighted by atomic mass is 10.2. The van der Waals surface area contributed by atoms with Gasteiger partial charge in [0.15, 0.2) is 0 Å². The molecule has 0 radical (unpaired) electrons. The van der Waals surface area contributed by atoms with Crippen LogP contribution in [0.5, 0.6) is 5.75 Å². The lowest BCUT2D eigenvalue weighted by Crippen LogP contribution is -2.03. The molecule has 0 spiro atoms.